The van der Waals surface area contributed by atoms with Gasteiger partial charge in [0.2, 0.25) is 0 Å². The van der Waals surface area contributed by atoms with Crippen LogP contribution < -0.4 is 10.6 Å². The van der Waals surface area contributed by atoms with Crippen LogP contribution in [0.5, 0.6) is 0 Å². The van der Waals surface area contributed by atoms with Crippen LogP contribution in [0.4, 0.5) is 0 Å². The summed E-state index contributed by atoms with van der Waals surface area (Å²) in [6.45, 7) is 1.88. The Labute approximate surface area is 152 Å². The highest BCUT2D eigenvalue weighted by Gasteiger charge is 2.03. The van der Waals surface area contributed by atoms with Crippen molar-refractivity contribution < 1.29 is 4.74 Å². The monoisotopic (exact) mass is 365 g/mol. The van der Waals surface area contributed by atoms with Gasteiger partial charge in [0.05, 0.1) is 6.61 Å². The molecule has 2 rings (SSSR count). The van der Waals surface area contributed by atoms with E-state index in [1.807, 2.05) is 12.1 Å². The number of rotatable bonds is 6. The minimum Gasteiger partial charge on any atom is -0.380 e. The molecule has 0 amide bonds. The minimum absolute atomic E-state index is 0.572. The van der Waals surface area contributed by atoms with E-state index in [0.29, 0.717) is 35.7 Å². The first kappa shape index (κ1) is 18.6. The molecule has 4 nitrogen and oxygen atoms in total. The van der Waals surface area contributed by atoms with Crippen LogP contribution in [0.2, 0.25) is 10.0 Å². The molecule has 0 saturated carbocycles. The summed E-state index contributed by atoms with van der Waals surface area (Å²) in [4.78, 5) is 4.22. The van der Waals surface area contributed by atoms with E-state index in [1.54, 1.807) is 20.2 Å². The molecule has 0 bridgehead atoms. The lowest BCUT2D eigenvalue weighted by molar-refractivity contribution is 0.185. The van der Waals surface area contributed by atoms with E-state index in [1.165, 1.54) is 5.56 Å². The zero-order valence-electron chi connectivity index (χ0n) is 13.8. The van der Waals surface area contributed by atoms with Gasteiger partial charge in [-0.3, -0.25) is 4.99 Å². The maximum absolute atomic E-state index is 6.17. The Morgan fingerprint density at radius 3 is 2.29 bits per heavy atom. The molecule has 0 spiro atoms. The molecule has 0 atom stereocenters. The van der Waals surface area contributed by atoms with Crippen LogP contribution in [0.3, 0.4) is 0 Å². The first-order valence-electron chi connectivity index (χ1n) is 7.57. The fourth-order valence-corrected chi connectivity index (χ4v) is 2.65. The number of methoxy groups -OCH3 is 1. The molecule has 0 unspecified atom stereocenters. The smallest absolute Gasteiger partial charge is 0.191 e. The summed E-state index contributed by atoms with van der Waals surface area (Å²) < 4.78 is 5.11. The molecule has 2 aromatic carbocycles. The number of hydrogen-bond acceptors (Lipinski definition) is 2. The highest BCUT2D eigenvalue weighted by atomic mass is 35.5. The standard InChI is InChI=1S/C18H21Cl2N3O/c1-21-18(23-11-15-7-8-16(19)9-17(15)20)22-10-13-3-5-14(6-4-13)12-24-2/h3-9H,10-12H2,1-2H3,(H2,21,22,23). The molecule has 0 aromatic heterocycles. The van der Waals surface area contributed by atoms with Gasteiger partial charge in [0.1, 0.15) is 0 Å². The number of guanidine groups is 1. The van der Waals surface area contributed by atoms with Crippen molar-refractivity contribution in [3.05, 3.63) is 69.2 Å². The summed E-state index contributed by atoms with van der Waals surface area (Å²) >= 11 is 12.1. The molecule has 128 valence electrons. The van der Waals surface area contributed by atoms with Crippen molar-refractivity contribution in [3.8, 4) is 0 Å². The van der Waals surface area contributed by atoms with Gasteiger partial charge in [0.15, 0.2) is 5.96 Å². The lowest BCUT2D eigenvalue weighted by Crippen LogP contribution is -2.36. The molecule has 0 aliphatic rings. The lowest BCUT2D eigenvalue weighted by atomic mass is 10.1. The van der Waals surface area contributed by atoms with E-state index in [9.17, 15) is 0 Å². The van der Waals surface area contributed by atoms with Crippen molar-refractivity contribution in [2.75, 3.05) is 14.2 Å². The second-order valence-corrected chi connectivity index (χ2v) is 6.11. The van der Waals surface area contributed by atoms with Gasteiger partial charge in [-0.25, -0.2) is 0 Å². The molecule has 0 saturated heterocycles. The second-order valence-electron chi connectivity index (χ2n) is 5.26. The van der Waals surface area contributed by atoms with Gasteiger partial charge in [0.25, 0.3) is 0 Å². The van der Waals surface area contributed by atoms with Crippen LogP contribution in [0.15, 0.2) is 47.5 Å². The number of nitrogens with one attached hydrogen (secondary N) is 2. The van der Waals surface area contributed by atoms with Crippen molar-refractivity contribution in [2.24, 2.45) is 4.99 Å². The number of ether oxygens (including phenoxy) is 1. The zero-order valence-corrected chi connectivity index (χ0v) is 15.3. The van der Waals surface area contributed by atoms with Crippen LogP contribution in [-0.4, -0.2) is 20.1 Å². The molecule has 0 aliphatic heterocycles. The Balaban J connectivity index is 1.86. The highest BCUT2D eigenvalue weighted by Crippen LogP contribution is 2.20. The summed E-state index contributed by atoms with van der Waals surface area (Å²) in [5.41, 5.74) is 3.29. The van der Waals surface area contributed by atoms with Crippen molar-refractivity contribution in [1.29, 1.82) is 0 Å². The Hall–Kier alpha value is -1.75. The Morgan fingerprint density at radius 2 is 1.67 bits per heavy atom. The molecule has 2 N–H and O–H groups in total. The summed E-state index contributed by atoms with van der Waals surface area (Å²) in [6.07, 6.45) is 0. The predicted molar refractivity (Wildman–Crippen MR) is 101 cm³/mol. The number of benzene rings is 2. The van der Waals surface area contributed by atoms with Crippen molar-refractivity contribution in [2.45, 2.75) is 19.7 Å². The number of aliphatic imine (C=N–C) groups is 1. The highest BCUT2D eigenvalue weighted by molar-refractivity contribution is 6.35. The molecular formula is C18H21Cl2N3O. The predicted octanol–water partition coefficient (Wildman–Crippen LogP) is 4.01. The Bertz CT molecular complexity index is 687. The van der Waals surface area contributed by atoms with Gasteiger partial charge >= 0.3 is 0 Å². The average Bonchev–Trinajstić information content (AvgIpc) is 2.58. The van der Waals surface area contributed by atoms with Gasteiger partial charge in [0, 0.05) is 37.3 Å². The quantitative estimate of drug-likeness (QED) is 0.600. The average molecular weight is 366 g/mol. The van der Waals surface area contributed by atoms with E-state index >= 15 is 0 Å². The third-order valence-corrected chi connectivity index (χ3v) is 4.07. The largest absolute Gasteiger partial charge is 0.380 e. The van der Waals surface area contributed by atoms with Gasteiger partial charge in [-0.15, -0.1) is 0 Å². The van der Waals surface area contributed by atoms with Crippen molar-refractivity contribution in [3.63, 3.8) is 0 Å². The van der Waals surface area contributed by atoms with E-state index in [-0.39, 0.29) is 0 Å². The van der Waals surface area contributed by atoms with Gasteiger partial charge in [-0.05, 0) is 28.8 Å². The van der Waals surface area contributed by atoms with Crippen LogP contribution in [0, 0.1) is 0 Å². The molecule has 2 aromatic rings. The first-order valence-corrected chi connectivity index (χ1v) is 8.33. The fraction of sp³-hybridized carbons (Fsp3) is 0.278. The maximum Gasteiger partial charge on any atom is 0.191 e. The summed E-state index contributed by atoms with van der Waals surface area (Å²) in [5, 5.41) is 7.78. The summed E-state index contributed by atoms with van der Waals surface area (Å²) in [7, 11) is 3.43. The molecule has 6 heteroatoms. The lowest BCUT2D eigenvalue weighted by Gasteiger charge is -2.13. The van der Waals surface area contributed by atoms with Gasteiger partial charge in [-0.2, -0.15) is 0 Å². The maximum atomic E-state index is 6.17. The Kier molecular flexibility index (Phi) is 7.37. The number of nitrogens with zero attached hydrogens (tertiary/aromatic N) is 1. The third-order valence-electron chi connectivity index (χ3n) is 3.48. The fourth-order valence-electron chi connectivity index (χ4n) is 2.17. The van der Waals surface area contributed by atoms with Gasteiger partial charge < -0.3 is 15.4 Å². The van der Waals surface area contributed by atoms with E-state index in [0.717, 1.165) is 11.1 Å². The van der Waals surface area contributed by atoms with E-state index in [2.05, 4.69) is 39.9 Å². The molecule has 24 heavy (non-hydrogen) atoms. The van der Waals surface area contributed by atoms with Gasteiger partial charge in [-0.1, -0.05) is 53.5 Å². The van der Waals surface area contributed by atoms with E-state index < -0.39 is 0 Å². The van der Waals surface area contributed by atoms with Crippen LogP contribution in [0.25, 0.3) is 0 Å². The summed E-state index contributed by atoms with van der Waals surface area (Å²) in [6, 6.07) is 13.7. The first-order chi connectivity index (χ1) is 11.6. The molecule has 0 heterocycles. The zero-order chi connectivity index (χ0) is 17.4. The van der Waals surface area contributed by atoms with Crippen LogP contribution >= 0.6 is 23.2 Å². The van der Waals surface area contributed by atoms with E-state index in [4.69, 9.17) is 27.9 Å². The molecule has 0 aliphatic carbocycles. The number of halogens is 2. The normalized spacial score (nSPS) is 11.4. The second kappa shape index (κ2) is 9.52. The molecule has 0 fully saturated rings. The molecular weight excluding hydrogens is 345 g/mol. The van der Waals surface area contributed by atoms with Crippen LogP contribution in [0.1, 0.15) is 16.7 Å². The minimum atomic E-state index is 0.572. The van der Waals surface area contributed by atoms with Crippen molar-refractivity contribution >= 4 is 29.2 Å². The SMILES string of the molecule is CN=C(NCc1ccc(COC)cc1)NCc1ccc(Cl)cc1Cl. The molecule has 0 radical (unpaired) electrons. The third kappa shape index (κ3) is 5.71. The number of hydrogen-bond donors (Lipinski definition) is 2. The summed E-state index contributed by atoms with van der Waals surface area (Å²) in [5.74, 6) is 0.710. The Morgan fingerprint density at radius 1 is 1.00 bits per heavy atom. The topological polar surface area (TPSA) is 45.7 Å². The van der Waals surface area contributed by atoms with Crippen LogP contribution in [-0.2, 0) is 24.4 Å². The van der Waals surface area contributed by atoms with Crippen molar-refractivity contribution in [1.82, 2.24) is 10.6 Å².